The standard InChI is InChI=1S/C25H28ClFO2/c1-2-3-17-15-28-25(29-16-17)21-10-8-19(9-11-21)18-4-6-20(7-5-18)22-12-13-23(26)24(27)14-22/h2-7,12-14,17,19,21,25H,8-11,15-16H2,1H3/b3-2+/t17-,19-,21-,25-. The summed E-state index contributed by atoms with van der Waals surface area (Å²) in [6.45, 7) is 3.57. The van der Waals surface area contributed by atoms with Gasteiger partial charge in [0.2, 0.25) is 0 Å². The molecule has 2 fully saturated rings. The molecule has 0 atom stereocenters. The van der Waals surface area contributed by atoms with Gasteiger partial charge in [-0.15, -0.1) is 0 Å². The molecule has 29 heavy (non-hydrogen) atoms. The Morgan fingerprint density at radius 1 is 0.931 bits per heavy atom. The van der Waals surface area contributed by atoms with E-state index >= 15 is 0 Å². The van der Waals surface area contributed by atoms with Crippen molar-refractivity contribution in [2.45, 2.75) is 44.8 Å². The number of rotatable bonds is 4. The third-order valence-electron chi connectivity index (χ3n) is 6.21. The highest BCUT2D eigenvalue weighted by molar-refractivity contribution is 6.30. The smallest absolute Gasteiger partial charge is 0.160 e. The van der Waals surface area contributed by atoms with Crippen LogP contribution in [-0.4, -0.2) is 19.5 Å². The molecule has 2 aromatic carbocycles. The molecular formula is C25H28ClFO2. The molecule has 4 heteroatoms. The topological polar surface area (TPSA) is 18.5 Å². The molecular weight excluding hydrogens is 387 g/mol. The Morgan fingerprint density at radius 3 is 2.21 bits per heavy atom. The highest BCUT2D eigenvalue weighted by atomic mass is 35.5. The highest BCUT2D eigenvalue weighted by Gasteiger charge is 2.32. The van der Waals surface area contributed by atoms with E-state index in [2.05, 4.69) is 36.4 Å². The Bertz CT molecular complexity index is 832. The van der Waals surface area contributed by atoms with E-state index in [-0.39, 0.29) is 17.1 Å². The number of halogens is 2. The first-order chi connectivity index (χ1) is 14.1. The molecule has 0 N–H and O–H groups in total. The molecule has 1 aliphatic heterocycles. The number of benzene rings is 2. The molecule has 0 unspecified atom stereocenters. The first-order valence-corrected chi connectivity index (χ1v) is 10.9. The van der Waals surface area contributed by atoms with Crippen LogP contribution in [0, 0.1) is 17.7 Å². The SMILES string of the molecule is C/C=C/[C@H]1CO[C@H]([C@H]2CC[C@H](c3ccc(-c4ccc(Cl)c(F)c4)cc3)CC2)OC1. The molecule has 1 saturated heterocycles. The minimum absolute atomic E-state index is 0.0420. The van der Waals surface area contributed by atoms with Gasteiger partial charge >= 0.3 is 0 Å². The predicted molar refractivity (Wildman–Crippen MR) is 116 cm³/mol. The minimum atomic E-state index is -0.379. The van der Waals surface area contributed by atoms with Crippen LogP contribution in [0.5, 0.6) is 0 Å². The monoisotopic (exact) mass is 414 g/mol. The van der Waals surface area contributed by atoms with Crippen molar-refractivity contribution >= 4 is 11.6 Å². The average molecular weight is 415 g/mol. The zero-order valence-electron chi connectivity index (χ0n) is 16.8. The van der Waals surface area contributed by atoms with Gasteiger partial charge in [0.05, 0.1) is 18.2 Å². The molecule has 2 aliphatic rings. The Morgan fingerprint density at radius 2 is 1.59 bits per heavy atom. The molecule has 2 aromatic rings. The van der Waals surface area contributed by atoms with Gasteiger partial charge in [-0.3, -0.25) is 0 Å². The van der Waals surface area contributed by atoms with E-state index in [1.165, 1.54) is 11.6 Å². The normalized spacial score (nSPS) is 28.0. The van der Waals surface area contributed by atoms with Crippen LogP contribution in [0.3, 0.4) is 0 Å². The number of hydrogen-bond donors (Lipinski definition) is 0. The zero-order chi connectivity index (χ0) is 20.2. The van der Waals surface area contributed by atoms with E-state index in [9.17, 15) is 4.39 Å². The van der Waals surface area contributed by atoms with Crippen molar-refractivity contribution in [1.82, 2.24) is 0 Å². The lowest BCUT2D eigenvalue weighted by Crippen LogP contribution is -2.37. The lowest BCUT2D eigenvalue weighted by molar-refractivity contribution is -0.222. The minimum Gasteiger partial charge on any atom is -0.352 e. The predicted octanol–water partition coefficient (Wildman–Crippen LogP) is 6.99. The van der Waals surface area contributed by atoms with Crippen molar-refractivity contribution in [1.29, 1.82) is 0 Å². The molecule has 1 aliphatic carbocycles. The summed E-state index contributed by atoms with van der Waals surface area (Å²) in [5.41, 5.74) is 3.22. The second-order valence-corrected chi connectivity index (χ2v) is 8.59. The van der Waals surface area contributed by atoms with Gasteiger partial charge in [-0.2, -0.15) is 0 Å². The van der Waals surface area contributed by atoms with Crippen LogP contribution in [-0.2, 0) is 9.47 Å². The van der Waals surface area contributed by atoms with Crippen LogP contribution in [0.1, 0.15) is 44.1 Å². The fourth-order valence-electron chi connectivity index (χ4n) is 4.54. The van der Waals surface area contributed by atoms with Crippen molar-refractivity contribution in [3.05, 3.63) is 71.0 Å². The van der Waals surface area contributed by atoms with Gasteiger partial charge in [-0.05, 0) is 67.3 Å². The maximum Gasteiger partial charge on any atom is 0.160 e. The van der Waals surface area contributed by atoms with Gasteiger partial charge in [0.25, 0.3) is 0 Å². The van der Waals surface area contributed by atoms with E-state index in [1.54, 1.807) is 6.07 Å². The Labute approximate surface area is 177 Å². The summed E-state index contributed by atoms with van der Waals surface area (Å²) in [6, 6.07) is 13.5. The van der Waals surface area contributed by atoms with E-state index in [0.717, 1.165) is 50.0 Å². The molecule has 1 heterocycles. The van der Waals surface area contributed by atoms with Crippen LogP contribution < -0.4 is 0 Å². The number of ether oxygens (including phenoxy) is 2. The lowest BCUT2D eigenvalue weighted by Gasteiger charge is -2.37. The summed E-state index contributed by atoms with van der Waals surface area (Å²) >= 11 is 5.79. The van der Waals surface area contributed by atoms with Crippen molar-refractivity contribution in [3.63, 3.8) is 0 Å². The Balaban J connectivity index is 1.32. The van der Waals surface area contributed by atoms with Gasteiger partial charge in [-0.1, -0.05) is 54.1 Å². The van der Waals surface area contributed by atoms with Crippen molar-refractivity contribution in [2.75, 3.05) is 13.2 Å². The number of hydrogen-bond acceptors (Lipinski definition) is 2. The van der Waals surface area contributed by atoms with Gasteiger partial charge in [0.1, 0.15) is 5.82 Å². The van der Waals surface area contributed by atoms with Crippen molar-refractivity contribution < 1.29 is 13.9 Å². The third-order valence-corrected chi connectivity index (χ3v) is 6.51. The molecule has 0 amide bonds. The second-order valence-electron chi connectivity index (χ2n) is 8.18. The third kappa shape index (κ3) is 4.91. The first kappa shape index (κ1) is 20.6. The summed E-state index contributed by atoms with van der Waals surface area (Å²) in [5.74, 6) is 1.08. The van der Waals surface area contributed by atoms with Crippen LogP contribution in [0.15, 0.2) is 54.6 Å². The zero-order valence-corrected chi connectivity index (χ0v) is 17.6. The van der Waals surface area contributed by atoms with E-state index in [4.69, 9.17) is 21.1 Å². The maximum absolute atomic E-state index is 13.7. The summed E-state index contributed by atoms with van der Waals surface area (Å²) in [6.07, 6.45) is 8.76. The molecule has 0 radical (unpaired) electrons. The quantitative estimate of drug-likeness (QED) is 0.502. The lowest BCUT2D eigenvalue weighted by atomic mass is 9.78. The fraction of sp³-hybridized carbons (Fsp3) is 0.440. The number of allylic oxidation sites excluding steroid dienone is 1. The van der Waals surface area contributed by atoms with E-state index in [0.29, 0.717) is 17.8 Å². The maximum atomic E-state index is 13.7. The largest absolute Gasteiger partial charge is 0.352 e. The Hall–Kier alpha value is -1.68. The summed E-state index contributed by atoms with van der Waals surface area (Å²) in [7, 11) is 0. The van der Waals surface area contributed by atoms with Gasteiger partial charge in [-0.25, -0.2) is 4.39 Å². The van der Waals surface area contributed by atoms with E-state index < -0.39 is 0 Å². The van der Waals surface area contributed by atoms with Gasteiger partial charge in [0, 0.05) is 11.8 Å². The van der Waals surface area contributed by atoms with Crippen molar-refractivity contribution in [2.24, 2.45) is 11.8 Å². The summed E-state index contributed by atoms with van der Waals surface area (Å²) in [5, 5.41) is 0.158. The highest BCUT2D eigenvalue weighted by Crippen LogP contribution is 2.39. The molecule has 0 bridgehead atoms. The second kappa shape index (κ2) is 9.42. The average Bonchev–Trinajstić information content (AvgIpc) is 2.77. The van der Waals surface area contributed by atoms with Crippen LogP contribution in [0.2, 0.25) is 5.02 Å². The van der Waals surface area contributed by atoms with Crippen LogP contribution in [0.4, 0.5) is 4.39 Å². The fourth-order valence-corrected chi connectivity index (χ4v) is 4.65. The first-order valence-electron chi connectivity index (χ1n) is 10.6. The molecule has 0 aromatic heterocycles. The van der Waals surface area contributed by atoms with Gasteiger partial charge < -0.3 is 9.47 Å². The molecule has 154 valence electrons. The molecule has 0 spiro atoms. The van der Waals surface area contributed by atoms with Crippen LogP contribution >= 0.6 is 11.6 Å². The van der Waals surface area contributed by atoms with E-state index in [1.807, 2.05) is 13.0 Å². The Kier molecular flexibility index (Phi) is 6.69. The summed E-state index contributed by atoms with van der Waals surface area (Å²) in [4.78, 5) is 0. The summed E-state index contributed by atoms with van der Waals surface area (Å²) < 4.78 is 25.7. The van der Waals surface area contributed by atoms with Crippen molar-refractivity contribution in [3.8, 4) is 11.1 Å². The van der Waals surface area contributed by atoms with Gasteiger partial charge in [0.15, 0.2) is 6.29 Å². The molecule has 2 nitrogen and oxygen atoms in total. The molecule has 1 saturated carbocycles. The van der Waals surface area contributed by atoms with Crippen LogP contribution in [0.25, 0.3) is 11.1 Å². The molecule has 4 rings (SSSR count).